The Balaban J connectivity index is 2.02. The summed E-state index contributed by atoms with van der Waals surface area (Å²) in [4.78, 5) is 2.18. The predicted molar refractivity (Wildman–Crippen MR) is 79.4 cm³/mol. The van der Waals surface area contributed by atoms with E-state index in [0.717, 1.165) is 13.0 Å². The van der Waals surface area contributed by atoms with Gasteiger partial charge in [0.15, 0.2) is 0 Å². The van der Waals surface area contributed by atoms with E-state index in [2.05, 4.69) is 36.2 Å². The molecule has 2 rings (SSSR count). The first-order valence-corrected chi connectivity index (χ1v) is 6.47. The largest absolute Gasteiger partial charge is 0.508 e. The normalized spacial score (nSPS) is 10.4. The summed E-state index contributed by atoms with van der Waals surface area (Å²) in [6, 6.07) is 15.8. The second-order valence-electron chi connectivity index (χ2n) is 4.73. The average molecular weight is 256 g/mol. The molecule has 0 aliphatic carbocycles. The molecule has 0 saturated heterocycles. The van der Waals surface area contributed by atoms with Crippen molar-refractivity contribution < 1.29 is 5.11 Å². The Morgan fingerprint density at radius 3 is 2.11 bits per heavy atom. The van der Waals surface area contributed by atoms with Crippen LogP contribution in [0.15, 0.2) is 48.5 Å². The van der Waals surface area contributed by atoms with Crippen molar-refractivity contribution in [3.05, 3.63) is 59.7 Å². The standard InChI is InChI=1S/C16H20N2O/c1-18(12-14-4-8-16(19)9-5-14)15-6-2-13(3-7-15)10-11-17/h2-9,19H,10-12,17H2,1H3. The van der Waals surface area contributed by atoms with Gasteiger partial charge in [-0.15, -0.1) is 0 Å². The zero-order valence-corrected chi connectivity index (χ0v) is 11.2. The summed E-state index contributed by atoms with van der Waals surface area (Å²) < 4.78 is 0. The lowest BCUT2D eigenvalue weighted by molar-refractivity contribution is 0.475. The first kappa shape index (κ1) is 13.4. The minimum Gasteiger partial charge on any atom is -0.508 e. The van der Waals surface area contributed by atoms with Crippen molar-refractivity contribution in [2.75, 3.05) is 18.5 Å². The molecule has 0 aliphatic heterocycles. The monoisotopic (exact) mass is 256 g/mol. The number of phenols is 1. The molecule has 0 aliphatic rings. The second kappa shape index (κ2) is 6.25. The summed E-state index contributed by atoms with van der Waals surface area (Å²) in [5, 5.41) is 9.27. The number of hydrogen-bond acceptors (Lipinski definition) is 3. The highest BCUT2D eigenvalue weighted by molar-refractivity contribution is 5.47. The van der Waals surface area contributed by atoms with Gasteiger partial charge in [-0.25, -0.2) is 0 Å². The molecule has 2 aromatic carbocycles. The maximum atomic E-state index is 9.27. The molecular formula is C16H20N2O. The van der Waals surface area contributed by atoms with Crippen LogP contribution in [0.4, 0.5) is 5.69 Å². The highest BCUT2D eigenvalue weighted by Crippen LogP contribution is 2.18. The van der Waals surface area contributed by atoms with Gasteiger partial charge in [-0.1, -0.05) is 24.3 Å². The van der Waals surface area contributed by atoms with Gasteiger partial charge in [0.2, 0.25) is 0 Å². The van der Waals surface area contributed by atoms with Crippen LogP contribution in [0.3, 0.4) is 0 Å². The van der Waals surface area contributed by atoms with E-state index in [1.165, 1.54) is 16.8 Å². The van der Waals surface area contributed by atoms with E-state index in [-0.39, 0.29) is 0 Å². The summed E-state index contributed by atoms with van der Waals surface area (Å²) in [7, 11) is 2.06. The van der Waals surface area contributed by atoms with Crippen LogP contribution in [0.1, 0.15) is 11.1 Å². The Bertz CT molecular complexity index is 505. The van der Waals surface area contributed by atoms with Crippen LogP contribution in [0.25, 0.3) is 0 Å². The van der Waals surface area contributed by atoms with Gasteiger partial charge >= 0.3 is 0 Å². The number of nitrogens with two attached hydrogens (primary N) is 1. The fourth-order valence-corrected chi connectivity index (χ4v) is 2.05. The zero-order valence-electron chi connectivity index (χ0n) is 11.2. The van der Waals surface area contributed by atoms with Crippen LogP contribution in [0, 0.1) is 0 Å². The van der Waals surface area contributed by atoms with E-state index < -0.39 is 0 Å². The Morgan fingerprint density at radius 2 is 1.53 bits per heavy atom. The number of hydrogen-bond donors (Lipinski definition) is 2. The van der Waals surface area contributed by atoms with Crippen molar-refractivity contribution in [2.45, 2.75) is 13.0 Å². The number of phenolic OH excluding ortho intramolecular Hbond substituents is 1. The molecule has 100 valence electrons. The molecule has 0 saturated carbocycles. The Morgan fingerprint density at radius 1 is 0.947 bits per heavy atom. The summed E-state index contributed by atoms with van der Waals surface area (Å²) in [6.45, 7) is 1.50. The van der Waals surface area contributed by atoms with Crippen LogP contribution >= 0.6 is 0 Å². The molecule has 3 heteroatoms. The predicted octanol–water partition coefficient (Wildman–Crippen LogP) is 2.53. The molecule has 2 aromatic rings. The Hall–Kier alpha value is -2.00. The van der Waals surface area contributed by atoms with Crippen LogP contribution in [-0.4, -0.2) is 18.7 Å². The average Bonchev–Trinajstić information content (AvgIpc) is 2.42. The Labute approximate surface area is 114 Å². The van der Waals surface area contributed by atoms with Gasteiger partial charge in [0, 0.05) is 19.3 Å². The maximum absolute atomic E-state index is 9.27. The van der Waals surface area contributed by atoms with E-state index in [0.29, 0.717) is 12.3 Å². The number of benzene rings is 2. The zero-order chi connectivity index (χ0) is 13.7. The lowest BCUT2D eigenvalue weighted by Crippen LogP contribution is -2.16. The van der Waals surface area contributed by atoms with Crippen LogP contribution < -0.4 is 10.6 Å². The van der Waals surface area contributed by atoms with Gasteiger partial charge < -0.3 is 15.7 Å². The fourth-order valence-electron chi connectivity index (χ4n) is 2.05. The number of anilines is 1. The van der Waals surface area contributed by atoms with E-state index in [1.54, 1.807) is 12.1 Å². The van der Waals surface area contributed by atoms with Crippen molar-refractivity contribution in [3.8, 4) is 5.75 Å². The fraction of sp³-hybridized carbons (Fsp3) is 0.250. The molecule has 0 aromatic heterocycles. The third-order valence-corrected chi connectivity index (χ3v) is 3.17. The third-order valence-electron chi connectivity index (χ3n) is 3.17. The quantitative estimate of drug-likeness (QED) is 0.864. The first-order chi connectivity index (χ1) is 9.19. The molecular weight excluding hydrogens is 236 g/mol. The molecule has 0 spiro atoms. The topological polar surface area (TPSA) is 49.5 Å². The molecule has 0 radical (unpaired) electrons. The Kier molecular flexibility index (Phi) is 4.42. The highest BCUT2D eigenvalue weighted by Gasteiger charge is 2.02. The number of aromatic hydroxyl groups is 1. The lowest BCUT2D eigenvalue weighted by atomic mass is 10.1. The van der Waals surface area contributed by atoms with Crippen molar-refractivity contribution in [1.82, 2.24) is 0 Å². The lowest BCUT2D eigenvalue weighted by Gasteiger charge is -2.19. The van der Waals surface area contributed by atoms with E-state index in [4.69, 9.17) is 5.73 Å². The molecule has 0 atom stereocenters. The highest BCUT2D eigenvalue weighted by atomic mass is 16.3. The van der Waals surface area contributed by atoms with Crippen molar-refractivity contribution in [1.29, 1.82) is 0 Å². The van der Waals surface area contributed by atoms with Gasteiger partial charge in [0.25, 0.3) is 0 Å². The molecule has 3 nitrogen and oxygen atoms in total. The maximum Gasteiger partial charge on any atom is 0.115 e. The van der Waals surface area contributed by atoms with Gasteiger partial charge in [-0.2, -0.15) is 0 Å². The smallest absolute Gasteiger partial charge is 0.115 e. The molecule has 3 N–H and O–H groups in total. The summed E-state index contributed by atoms with van der Waals surface area (Å²) in [5.41, 5.74) is 9.16. The molecule has 0 amide bonds. The van der Waals surface area contributed by atoms with Gasteiger partial charge in [0.1, 0.15) is 5.75 Å². The molecule has 0 bridgehead atoms. The summed E-state index contributed by atoms with van der Waals surface area (Å²) in [6.07, 6.45) is 0.919. The van der Waals surface area contributed by atoms with Crippen LogP contribution in [0.5, 0.6) is 5.75 Å². The minimum absolute atomic E-state index is 0.303. The number of nitrogens with zero attached hydrogens (tertiary/aromatic N) is 1. The van der Waals surface area contributed by atoms with Crippen molar-refractivity contribution in [2.24, 2.45) is 5.73 Å². The van der Waals surface area contributed by atoms with Gasteiger partial charge in [-0.3, -0.25) is 0 Å². The van der Waals surface area contributed by atoms with E-state index in [1.807, 2.05) is 12.1 Å². The third kappa shape index (κ3) is 3.73. The summed E-state index contributed by atoms with van der Waals surface area (Å²) in [5.74, 6) is 0.303. The summed E-state index contributed by atoms with van der Waals surface area (Å²) >= 11 is 0. The SMILES string of the molecule is CN(Cc1ccc(O)cc1)c1ccc(CCN)cc1. The van der Waals surface area contributed by atoms with E-state index >= 15 is 0 Å². The van der Waals surface area contributed by atoms with Crippen LogP contribution in [0.2, 0.25) is 0 Å². The first-order valence-electron chi connectivity index (χ1n) is 6.47. The molecule has 19 heavy (non-hydrogen) atoms. The van der Waals surface area contributed by atoms with E-state index in [9.17, 15) is 5.11 Å². The van der Waals surface area contributed by atoms with Crippen molar-refractivity contribution >= 4 is 5.69 Å². The minimum atomic E-state index is 0.303. The number of rotatable bonds is 5. The van der Waals surface area contributed by atoms with Crippen molar-refractivity contribution in [3.63, 3.8) is 0 Å². The van der Waals surface area contributed by atoms with Crippen LogP contribution in [-0.2, 0) is 13.0 Å². The van der Waals surface area contributed by atoms with Gasteiger partial charge in [-0.05, 0) is 48.4 Å². The molecule has 0 fully saturated rings. The molecule has 0 unspecified atom stereocenters. The molecule has 0 heterocycles. The second-order valence-corrected chi connectivity index (χ2v) is 4.73. The van der Waals surface area contributed by atoms with Gasteiger partial charge in [0.05, 0.1) is 0 Å².